The number of nitrogens with one attached hydrogen (secondary N) is 1. The summed E-state index contributed by atoms with van der Waals surface area (Å²) in [5.74, 6) is -0.189. The van der Waals surface area contributed by atoms with E-state index >= 15 is 0 Å². The topological polar surface area (TPSA) is 47.3 Å². The SMILES string of the molecule is CCC(C)Nc1cc(OC(C)C)c(F)cc1N. The summed E-state index contributed by atoms with van der Waals surface area (Å²) in [5, 5.41) is 3.23. The van der Waals surface area contributed by atoms with Crippen LogP contribution in [-0.4, -0.2) is 12.1 Å². The second kappa shape index (κ2) is 5.75. The molecule has 0 saturated heterocycles. The summed E-state index contributed by atoms with van der Waals surface area (Å²) in [6, 6.07) is 3.20. The quantitative estimate of drug-likeness (QED) is 0.775. The molecule has 0 aliphatic carbocycles. The van der Waals surface area contributed by atoms with E-state index in [0.717, 1.165) is 12.1 Å². The van der Waals surface area contributed by atoms with Crippen molar-refractivity contribution in [2.45, 2.75) is 46.3 Å². The van der Waals surface area contributed by atoms with Gasteiger partial charge >= 0.3 is 0 Å². The summed E-state index contributed by atoms with van der Waals surface area (Å²) in [6.45, 7) is 7.84. The van der Waals surface area contributed by atoms with Gasteiger partial charge in [0.1, 0.15) is 0 Å². The first kappa shape index (κ1) is 13.6. The van der Waals surface area contributed by atoms with Gasteiger partial charge in [-0.05, 0) is 27.2 Å². The van der Waals surface area contributed by atoms with E-state index in [1.165, 1.54) is 6.07 Å². The zero-order valence-corrected chi connectivity index (χ0v) is 10.9. The largest absolute Gasteiger partial charge is 0.488 e. The molecule has 1 aromatic rings. The number of anilines is 2. The molecule has 0 fully saturated rings. The van der Waals surface area contributed by atoms with Gasteiger partial charge < -0.3 is 15.8 Å². The fraction of sp³-hybridized carbons (Fsp3) is 0.538. The molecule has 0 saturated carbocycles. The van der Waals surface area contributed by atoms with Gasteiger partial charge in [0.2, 0.25) is 0 Å². The third kappa shape index (κ3) is 3.80. The third-order valence-electron chi connectivity index (χ3n) is 2.48. The fourth-order valence-electron chi connectivity index (χ4n) is 1.41. The first-order chi connectivity index (χ1) is 7.93. The standard InChI is InChI=1S/C13H21FN2O/c1-5-9(4)16-12-7-13(17-8(2)3)10(14)6-11(12)15/h6-9,16H,5,15H2,1-4H3. The summed E-state index contributed by atoms with van der Waals surface area (Å²) >= 11 is 0. The van der Waals surface area contributed by atoms with Gasteiger partial charge in [-0.15, -0.1) is 0 Å². The van der Waals surface area contributed by atoms with E-state index in [0.29, 0.717) is 5.69 Å². The minimum atomic E-state index is -0.425. The van der Waals surface area contributed by atoms with Crippen LogP contribution in [0.15, 0.2) is 12.1 Å². The zero-order valence-electron chi connectivity index (χ0n) is 10.9. The molecule has 1 rings (SSSR count). The van der Waals surface area contributed by atoms with Crippen LogP contribution in [0.5, 0.6) is 5.75 Å². The second-order valence-electron chi connectivity index (χ2n) is 4.49. The molecule has 0 radical (unpaired) electrons. The van der Waals surface area contributed by atoms with Gasteiger partial charge in [-0.2, -0.15) is 0 Å². The lowest BCUT2D eigenvalue weighted by molar-refractivity contribution is 0.231. The Bertz CT molecular complexity index is 380. The molecule has 0 aliphatic rings. The summed E-state index contributed by atoms with van der Waals surface area (Å²) < 4.78 is 19.0. The van der Waals surface area contributed by atoms with E-state index in [4.69, 9.17) is 10.5 Å². The molecule has 3 nitrogen and oxygen atoms in total. The van der Waals surface area contributed by atoms with E-state index in [1.54, 1.807) is 6.07 Å². The van der Waals surface area contributed by atoms with Gasteiger partial charge in [-0.3, -0.25) is 0 Å². The Hall–Kier alpha value is -1.45. The highest BCUT2D eigenvalue weighted by Crippen LogP contribution is 2.29. The Morgan fingerprint density at radius 1 is 1.35 bits per heavy atom. The summed E-state index contributed by atoms with van der Waals surface area (Å²) in [5.41, 5.74) is 6.89. The highest BCUT2D eigenvalue weighted by Gasteiger charge is 2.11. The second-order valence-corrected chi connectivity index (χ2v) is 4.49. The Morgan fingerprint density at radius 2 is 2.00 bits per heavy atom. The van der Waals surface area contributed by atoms with Crippen molar-refractivity contribution in [3.8, 4) is 5.75 Å². The van der Waals surface area contributed by atoms with Crippen molar-refractivity contribution >= 4 is 11.4 Å². The monoisotopic (exact) mass is 240 g/mol. The minimum Gasteiger partial charge on any atom is -0.488 e. The van der Waals surface area contributed by atoms with Crippen LogP contribution in [0.1, 0.15) is 34.1 Å². The average Bonchev–Trinajstić information content (AvgIpc) is 2.24. The first-order valence-electron chi connectivity index (χ1n) is 5.96. The molecule has 0 aliphatic heterocycles. The van der Waals surface area contributed by atoms with Crippen molar-refractivity contribution in [3.05, 3.63) is 17.9 Å². The van der Waals surface area contributed by atoms with Crippen LogP contribution in [0.2, 0.25) is 0 Å². The number of hydrogen-bond acceptors (Lipinski definition) is 3. The van der Waals surface area contributed by atoms with E-state index in [2.05, 4.69) is 12.2 Å². The maximum atomic E-state index is 13.6. The molecular weight excluding hydrogens is 219 g/mol. The van der Waals surface area contributed by atoms with E-state index in [1.807, 2.05) is 20.8 Å². The zero-order chi connectivity index (χ0) is 13.0. The number of rotatable bonds is 5. The van der Waals surface area contributed by atoms with E-state index < -0.39 is 5.82 Å². The lowest BCUT2D eigenvalue weighted by atomic mass is 10.2. The van der Waals surface area contributed by atoms with E-state index in [-0.39, 0.29) is 17.9 Å². The molecule has 0 aromatic heterocycles. The summed E-state index contributed by atoms with van der Waals surface area (Å²) in [4.78, 5) is 0. The van der Waals surface area contributed by atoms with Gasteiger partial charge in [-0.1, -0.05) is 6.92 Å². The number of ether oxygens (including phenoxy) is 1. The Morgan fingerprint density at radius 3 is 2.53 bits per heavy atom. The van der Waals surface area contributed by atoms with Crippen molar-refractivity contribution < 1.29 is 9.13 Å². The summed E-state index contributed by atoms with van der Waals surface area (Å²) in [7, 11) is 0. The Kier molecular flexibility index (Phi) is 4.61. The molecule has 4 heteroatoms. The highest BCUT2D eigenvalue weighted by atomic mass is 19.1. The minimum absolute atomic E-state index is 0.0652. The van der Waals surface area contributed by atoms with Crippen molar-refractivity contribution in [2.24, 2.45) is 0 Å². The van der Waals surface area contributed by atoms with Crippen molar-refractivity contribution in [3.63, 3.8) is 0 Å². The average molecular weight is 240 g/mol. The van der Waals surface area contributed by atoms with Crippen LogP contribution in [-0.2, 0) is 0 Å². The predicted octanol–water partition coefficient (Wildman–Crippen LogP) is 3.41. The van der Waals surface area contributed by atoms with Gasteiger partial charge in [0.25, 0.3) is 0 Å². The molecule has 1 atom stereocenters. The van der Waals surface area contributed by atoms with Crippen LogP contribution in [0.3, 0.4) is 0 Å². The van der Waals surface area contributed by atoms with Crippen LogP contribution >= 0.6 is 0 Å². The number of nitrogens with two attached hydrogens (primary N) is 1. The molecule has 0 bridgehead atoms. The number of nitrogen functional groups attached to an aromatic ring is 1. The molecule has 17 heavy (non-hydrogen) atoms. The molecule has 0 amide bonds. The molecule has 3 N–H and O–H groups in total. The van der Waals surface area contributed by atoms with E-state index in [9.17, 15) is 4.39 Å². The highest BCUT2D eigenvalue weighted by molar-refractivity contribution is 5.68. The molecular formula is C13H21FN2O. The smallest absolute Gasteiger partial charge is 0.167 e. The normalized spacial score (nSPS) is 12.6. The Labute approximate surface area is 102 Å². The van der Waals surface area contributed by atoms with Gasteiger partial charge in [0, 0.05) is 18.2 Å². The van der Waals surface area contributed by atoms with Crippen LogP contribution in [0.4, 0.5) is 15.8 Å². The van der Waals surface area contributed by atoms with Crippen molar-refractivity contribution in [1.29, 1.82) is 0 Å². The number of hydrogen-bond donors (Lipinski definition) is 2. The number of benzene rings is 1. The maximum absolute atomic E-state index is 13.6. The Balaban J connectivity index is 2.97. The lowest BCUT2D eigenvalue weighted by Gasteiger charge is -2.18. The predicted molar refractivity (Wildman–Crippen MR) is 70.0 cm³/mol. The molecule has 1 aromatic carbocycles. The lowest BCUT2D eigenvalue weighted by Crippen LogP contribution is -2.15. The summed E-state index contributed by atoms with van der Waals surface area (Å²) in [6.07, 6.45) is 0.904. The first-order valence-corrected chi connectivity index (χ1v) is 5.96. The number of halogens is 1. The fourth-order valence-corrected chi connectivity index (χ4v) is 1.41. The van der Waals surface area contributed by atoms with Crippen LogP contribution in [0.25, 0.3) is 0 Å². The van der Waals surface area contributed by atoms with Gasteiger partial charge in [-0.25, -0.2) is 4.39 Å². The van der Waals surface area contributed by atoms with Crippen LogP contribution < -0.4 is 15.8 Å². The molecule has 96 valence electrons. The molecule has 0 spiro atoms. The van der Waals surface area contributed by atoms with Crippen LogP contribution in [0, 0.1) is 5.82 Å². The maximum Gasteiger partial charge on any atom is 0.167 e. The molecule has 1 unspecified atom stereocenters. The van der Waals surface area contributed by atoms with Crippen molar-refractivity contribution in [1.82, 2.24) is 0 Å². The third-order valence-corrected chi connectivity index (χ3v) is 2.48. The van der Waals surface area contributed by atoms with Gasteiger partial charge in [0.05, 0.1) is 17.5 Å². The van der Waals surface area contributed by atoms with Crippen molar-refractivity contribution in [2.75, 3.05) is 11.1 Å². The van der Waals surface area contributed by atoms with Gasteiger partial charge in [0.15, 0.2) is 11.6 Å². The molecule has 0 heterocycles.